The van der Waals surface area contributed by atoms with Crippen LogP contribution in [-0.2, 0) is 14.8 Å². The zero-order valence-corrected chi connectivity index (χ0v) is 18.3. The summed E-state index contributed by atoms with van der Waals surface area (Å²) in [5.74, 6) is -0.993. The summed E-state index contributed by atoms with van der Waals surface area (Å²) in [5.41, 5.74) is 1.64. The van der Waals surface area contributed by atoms with Gasteiger partial charge in [-0.2, -0.15) is 4.31 Å². The number of hydrogen-bond donors (Lipinski definition) is 1. The van der Waals surface area contributed by atoms with Crippen LogP contribution in [0.2, 0.25) is 5.02 Å². The Balaban J connectivity index is 1.88. The number of ether oxygens (including phenoxy) is 1. The van der Waals surface area contributed by atoms with Crippen molar-refractivity contribution < 1.29 is 22.7 Å². The van der Waals surface area contributed by atoms with Crippen molar-refractivity contribution in [2.75, 3.05) is 25.0 Å². The quantitative estimate of drug-likeness (QED) is 0.674. The van der Waals surface area contributed by atoms with Crippen molar-refractivity contribution in [1.29, 1.82) is 0 Å². The maximum absolute atomic E-state index is 12.9. The van der Waals surface area contributed by atoms with Crippen LogP contribution in [0.4, 0.5) is 5.69 Å². The van der Waals surface area contributed by atoms with Gasteiger partial charge >= 0.3 is 5.97 Å². The van der Waals surface area contributed by atoms with E-state index >= 15 is 0 Å². The van der Waals surface area contributed by atoms with E-state index in [4.69, 9.17) is 16.3 Å². The topological polar surface area (TPSA) is 92.8 Å². The number of carbonyl (C=O) groups excluding carboxylic acids is 2. The van der Waals surface area contributed by atoms with Gasteiger partial charge < -0.3 is 10.1 Å². The lowest BCUT2D eigenvalue weighted by atomic mass is 10.1. The number of amides is 1. The zero-order chi connectivity index (χ0) is 21.9. The average molecular weight is 451 g/mol. The van der Waals surface area contributed by atoms with Crippen LogP contribution in [0.5, 0.6) is 0 Å². The van der Waals surface area contributed by atoms with E-state index in [1.807, 2.05) is 0 Å². The van der Waals surface area contributed by atoms with E-state index in [1.165, 1.54) is 28.6 Å². The normalized spacial score (nSPS) is 14.5. The number of carbonyl (C=O) groups is 2. The van der Waals surface area contributed by atoms with Crippen LogP contribution in [0.25, 0.3) is 0 Å². The fraction of sp³-hybridized carbons (Fsp3) is 0.333. The lowest BCUT2D eigenvalue weighted by molar-refractivity contribution is 0.0526. The van der Waals surface area contributed by atoms with Gasteiger partial charge in [0, 0.05) is 24.3 Å². The molecule has 160 valence electrons. The Kier molecular flexibility index (Phi) is 6.80. The van der Waals surface area contributed by atoms with Crippen molar-refractivity contribution in [3.8, 4) is 0 Å². The molecule has 0 aliphatic carbocycles. The van der Waals surface area contributed by atoms with Gasteiger partial charge in [0.1, 0.15) is 4.90 Å². The number of benzene rings is 2. The molecular weight excluding hydrogens is 428 g/mol. The van der Waals surface area contributed by atoms with Crippen molar-refractivity contribution >= 4 is 39.2 Å². The van der Waals surface area contributed by atoms with Crippen molar-refractivity contribution in [3.05, 3.63) is 58.1 Å². The molecule has 1 heterocycles. The number of nitrogens with zero attached hydrogens (tertiary/aromatic N) is 1. The first-order chi connectivity index (χ1) is 14.2. The Morgan fingerprint density at radius 3 is 2.43 bits per heavy atom. The zero-order valence-electron chi connectivity index (χ0n) is 16.8. The van der Waals surface area contributed by atoms with E-state index in [9.17, 15) is 18.0 Å². The predicted molar refractivity (Wildman–Crippen MR) is 115 cm³/mol. The minimum Gasteiger partial charge on any atom is -0.462 e. The Labute approximate surface area is 181 Å². The number of hydrogen-bond acceptors (Lipinski definition) is 5. The standard InChI is InChI=1S/C21H23ClN2O5S/c1-3-29-21(26)16-7-6-14(2)18(12-16)23-20(25)15-8-9-17(22)19(13-15)30(27,28)24-10-4-5-11-24/h6-9,12-13H,3-5,10-11H2,1-2H3,(H,23,25). The van der Waals surface area contributed by atoms with E-state index in [-0.39, 0.29) is 22.1 Å². The maximum atomic E-state index is 12.9. The van der Waals surface area contributed by atoms with Gasteiger partial charge in [-0.15, -0.1) is 0 Å². The largest absolute Gasteiger partial charge is 0.462 e. The number of halogens is 1. The minimum atomic E-state index is -3.77. The second kappa shape index (κ2) is 9.16. The van der Waals surface area contributed by atoms with Crippen LogP contribution < -0.4 is 5.32 Å². The molecule has 1 fully saturated rings. The summed E-state index contributed by atoms with van der Waals surface area (Å²) in [6.45, 7) is 4.62. The van der Waals surface area contributed by atoms with Crippen LogP contribution in [0, 0.1) is 6.92 Å². The average Bonchev–Trinajstić information content (AvgIpc) is 3.25. The Morgan fingerprint density at radius 2 is 1.77 bits per heavy atom. The van der Waals surface area contributed by atoms with Gasteiger partial charge in [-0.05, 0) is 62.6 Å². The van der Waals surface area contributed by atoms with Gasteiger partial charge in [0.05, 0.1) is 17.2 Å². The van der Waals surface area contributed by atoms with E-state index in [0.717, 1.165) is 18.4 Å². The summed E-state index contributed by atoms with van der Waals surface area (Å²) in [7, 11) is -3.77. The van der Waals surface area contributed by atoms with Crippen molar-refractivity contribution in [2.24, 2.45) is 0 Å². The van der Waals surface area contributed by atoms with Gasteiger partial charge in [0.15, 0.2) is 0 Å². The molecule has 1 amide bonds. The van der Waals surface area contributed by atoms with Crippen LogP contribution >= 0.6 is 11.6 Å². The van der Waals surface area contributed by atoms with Crippen LogP contribution in [0.1, 0.15) is 46.0 Å². The van der Waals surface area contributed by atoms with E-state index in [2.05, 4.69) is 5.32 Å². The summed E-state index contributed by atoms with van der Waals surface area (Å²) in [4.78, 5) is 24.7. The minimum absolute atomic E-state index is 0.0685. The summed E-state index contributed by atoms with van der Waals surface area (Å²) in [6, 6.07) is 9.00. The molecule has 1 N–H and O–H groups in total. The first-order valence-corrected chi connectivity index (χ1v) is 11.4. The number of anilines is 1. The van der Waals surface area contributed by atoms with E-state index < -0.39 is 21.9 Å². The summed E-state index contributed by atoms with van der Waals surface area (Å²) >= 11 is 6.15. The molecule has 0 aromatic heterocycles. The molecule has 3 rings (SSSR count). The highest BCUT2D eigenvalue weighted by molar-refractivity contribution is 7.89. The maximum Gasteiger partial charge on any atom is 0.338 e. The molecule has 0 spiro atoms. The smallest absolute Gasteiger partial charge is 0.338 e. The Hall–Kier alpha value is -2.42. The highest BCUT2D eigenvalue weighted by Gasteiger charge is 2.29. The van der Waals surface area contributed by atoms with Gasteiger partial charge in [-0.3, -0.25) is 4.79 Å². The highest BCUT2D eigenvalue weighted by atomic mass is 35.5. The first-order valence-electron chi connectivity index (χ1n) is 9.63. The van der Waals surface area contributed by atoms with Crippen molar-refractivity contribution in [3.63, 3.8) is 0 Å². The van der Waals surface area contributed by atoms with Gasteiger partial charge in [-0.25, -0.2) is 13.2 Å². The third-order valence-electron chi connectivity index (χ3n) is 4.87. The summed E-state index contributed by atoms with van der Waals surface area (Å²) in [6.07, 6.45) is 1.60. The number of nitrogens with one attached hydrogen (secondary N) is 1. The third kappa shape index (κ3) is 4.66. The fourth-order valence-electron chi connectivity index (χ4n) is 3.20. The third-order valence-corrected chi connectivity index (χ3v) is 7.25. The number of aryl methyl sites for hydroxylation is 1. The highest BCUT2D eigenvalue weighted by Crippen LogP contribution is 2.28. The molecular formula is C21H23ClN2O5S. The predicted octanol–water partition coefficient (Wildman–Crippen LogP) is 3.86. The van der Waals surface area contributed by atoms with Crippen LogP contribution in [0.3, 0.4) is 0 Å². The van der Waals surface area contributed by atoms with Crippen molar-refractivity contribution in [1.82, 2.24) is 4.31 Å². The lowest BCUT2D eigenvalue weighted by Crippen LogP contribution is -2.28. The molecule has 30 heavy (non-hydrogen) atoms. The molecule has 1 aliphatic heterocycles. The van der Waals surface area contributed by atoms with Crippen LogP contribution in [-0.4, -0.2) is 44.3 Å². The van der Waals surface area contributed by atoms with Gasteiger partial charge in [0.25, 0.3) is 5.91 Å². The Morgan fingerprint density at radius 1 is 1.10 bits per heavy atom. The molecule has 0 radical (unpaired) electrons. The van der Waals surface area contributed by atoms with Crippen LogP contribution in [0.15, 0.2) is 41.3 Å². The SMILES string of the molecule is CCOC(=O)c1ccc(C)c(NC(=O)c2ccc(Cl)c(S(=O)(=O)N3CCCC3)c2)c1. The first kappa shape index (κ1) is 22.3. The molecule has 9 heteroatoms. The van der Waals surface area contributed by atoms with Crippen molar-refractivity contribution in [2.45, 2.75) is 31.6 Å². The fourth-order valence-corrected chi connectivity index (χ4v) is 5.22. The van der Waals surface area contributed by atoms with Gasteiger partial charge in [-0.1, -0.05) is 17.7 Å². The molecule has 2 aromatic rings. The van der Waals surface area contributed by atoms with E-state index in [0.29, 0.717) is 24.3 Å². The molecule has 0 unspecified atom stereocenters. The molecule has 0 saturated carbocycles. The number of rotatable bonds is 6. The van der Waals surface area contributed by atoms with Gasteiger partial charge in [0.2, 0.25) is 10.0 Å². The molecule has 1 aliphatic rings. The number of esters is 1. The molecule has 0 atom stereocenters. The second-order valence-electron chi connectivity index (χ2n) is 6.96. The molecule has 2 aromatic carbocycles. The molecule has 0 bridgehead atoms. The summed E-state index contributed by atoms with van der Waals surface area (Å²) in [5, 5.41) is 2.80. The monoisotopic (exact) mass is 450 g/mol. The number of sulfonamides is 1. The molecule has 7 nitrogen and oxygen atoms in total. The lowest BCUT2D eigenvalue weighted by Gasteiger charge is -2.17. The molecule has 1 saturated heterocycles. The second-order valence-corrected chi connectivity index (χ2v) is 9.27. The van der Waals surface area contributed by atoms with E-state index in [1.54, 1.807) is 26.0 Å². The summed E-state index contributed by atoms with van der Waals surface area (Å²) < 4.78 is 32.1. The Bertz CT molecular complexity index is 1080.